The van der Waals surface area contributed by atoms with E-state index in [1.807, 2.05) is 18.2 Å². The summed E-state index contributed by atoms with van der Waals surface area (Å²) in [5, 5.41) is 0. The minimum Gasteiger partial charge on any atom is -0.495 e. The van der Waals surface area contributed by atoms with Crippen molar-refractivity contribution in [3.8, 4) is 5.75 Å². The van der Waals surface area contributed by atoms with E-state index in [0.29, 0.717) is 18.0 Å². The molecule has 0 amide bonds. The molecule has 0 aliphatic carbocycles. The zero-order valence-electron chi connectivity index (χ0n) is 10.6. The van der Waals surface area contributed by atoms with E-state index in [2.05, 4.69) is 10.5 Å². The molecule has 0 radical (unpaired) electrons. The van der Waals surface area contributed by atoms with Gasteiger partial charge in [-0.15, -0.1) is 0 Å². The second kappa shape index (κ2) is 6.26. The van der Waals surface area contributed by atoms with Gasteiger partial charge in [-0.1, -0.05) is 6.07 Å². The van der Waals surface area contributed by atoms with Crippen LogP contribution in [0.25, 0.3) is 0 Å². The normalized spacial score (nSPS) is 15.1. The van der Waals surface area contributed by atoms with E-state index in [1.165, 1.54) is 12.8 Å². The molecule has 0 saturated carbocycles. The monoisotopic (exact) mass is 249 g/mol. The number of ether oxygens (including phenoxy) is 1. The van der Waals surface area contributed by atoms with Crippen molar-refractivity contribution in [3.05, 3.63) is 23.8 Å². The Morgan fingerprint density at radius 1 is 1.39 bits per heavy atom. The number of nitrogens with two attached hydrogens (primary N) is 1. The van der Waals surface area contributed by atoms with Crippen molar-refractivity contribution in [2.24, 2.45) is 4.99 Å². The van der Waals surface area contributed by atoms with Crippen LogP contribution in [0.5, 0.6) is 5.75 Å². The maximum Gasteiger partial charge on any atom is 0.141 e. The van der Waals surface area contributed by atoms with Gasteiger partial charge in [0.2, 0.25) is 0 Å². The molecule has 18 heavy (non-hydrogen) atoms. The maximum absolute atomic E-state index is 5.82. The second-order valence-corrected chi connectivity index (χ2v) is 4.25. The molecule has 3 N–H and O–H groups in total. The predicted octanol–water partition coefficient (Wildman–Crippen LogP) is 1.88. The van der Waals surface area contributed by atoms with Crippen molar-refractivity contribution in [2.45, 2.75) is 25.9 Å². The quantitative estimate of drug-likeness (QED) is 0.631. The fourth-order valence-electron chi connectivity index (χ4n) is 1.86. The van der Waals surface area contributed by atoms with Crippen LogP contribution >= 0.6 is 0 Å². The Balaban J connectivity index is 1.83. The summed E-state index contributed by atoms with van der Waals surface area (Å²) in [4.78, 5) is 9.75. The highest BCUT2D eigenvalue weighted by Gasteiger charge is 2.05. The van der Waals surface area contributed by atoms with Crippen molar-refractivity contribution < 1.29 is 9.57 Å². The van der Waals surface area contributed by atoms with Crippen LogP contribution in [0.4, 0.5) is 5.69 Å². The molecule has 0 atom stereocenters. The average molecular weight is 249 g/mol. The van der Waals surface area contributed by atoms with E-state index in [4.69, 9.17) is 15.3 Å². The first-order valence-corrected chi connectivity index (χ1v) is 6.13. The summed E-state index contributed by atoms with van der Waals surface area (Å²) in [6.07, 6.45) is 3.30. The van der Waals surface area contributed by atoms with Crippen molar-refractivity contribution in [3.63, 3.8) is 0 Å². The Labute approximate surface area is 107 Å². The van der Waals surface area contributed by atoms with E-state index < -0.39 is 0 Å². The molecule has 0 aromatic heterocycles. The zero-order valence-corrected chi connectivity index (χ0v) is 10.6. The minimum absolute atomic E-state index is 0.452. The van der Waals surface area contributed by atoms with Crippen LogP contribution in [0.1, 0.15) is 24.8 Å². The summed E-state index contributed by atoms with van der Waals surface area (Å²) in [5.41, 5.74) is 10.3. The maximum atomic E-state index is 5.82. The first-order valence-electron chi connectivity index (χ1n) is 6.13. The van der Waals surface area contributed by atoms with E-state index in [9.17, 15) is 0 Å². The lowest BCUT2D eigenvalue weighted by molar-refractivity contribution is 0.0691. The van der Waals surface area contributed by atoms with Gasteiger partial charge in [0.05, 0.1) is 19.4 Å². The van der Waals surface area contributed by atoms with Crippen LogP contribution in [0.2, 0.25) is 0 Å². The third-order valence-electron chi connectivity index (χ3n) is 2.85. The first-order chi connectivity index (χ1) is 8.79. The molecule has 0 unspecified atom stereocenters. The molecule has 1 aromatic carbocycles. The van der Waals surface area contributed by atoms with Gasteiger partial charge in [-0.2, -0.15) is 0 Å². The Morgan fingerprint density at radius 2 is 2.28 bits per heavy atom. The standard InChI is InChI=1S/C13H19N3O2/c1-17-12-6-5-10(8-11(12)14)9-18-16-13-4-2-3-7-15-13/h5-6,8H,2-4,7,9,14H2,1H3,(H,15,16). The Kier molecular flexibility index (Phi) is 4.41. The fourth-order valence-corrected chi connectivity index (χ4v) is 1.86. The fraction of sp³-hybridized carbons (Fsp3) is 0.462. The number of aliphatic imine (C=N–C) groups is 1. The smallest absolute Gasteiger partial charge is 0.141 e. The molecule has 1 aliphatic rings. The van der Waals surface area contributed by atoms with E-state index in [-0.39, 0.29) is 0 Å². The number of anilines is 1. The van der Waals surface area contributed by atoms with Gasteiger partial charge in [-0.25, -0.2) is 0 Å². The van der Waals surface area contributed by atoms with E-state index >= 15 is 0 Å². The van der Waals surface area contributed by atoms with Gasteiger partial charge in [0.25, 0.3) is 0 Å². The Hall–Kier alpha value is -1.75. The Bertz CT molecular complexity index is 432. The van der Waals surface area contributed by atoms with E-state index in [0.717, 1.165) is 24.4 Å². The highest BCUT2D eigenvalue weighted by atomic mass is 16.6. The SMILES string of the molecule is COc1ccc(CONC2=NCCCC2)cc1N. The van der Waals surface area contributed by atoms with Crippen LogP contribution in [-0.4, -0.2) is 19.5 Å². The molecule has 0 spiro atoms. The van der Waals surface area contributed by atoms with Gasteiger partial charge in [0, 0.05) is 13.0 Å². The number of nitrogen functional groups attached to an aromatic ring is 1. The van der Waals surface area contributed by atoms with Gasteiger partial charge in [0.1, 0.15) is 11.6 Å². The zero-order chi connectivity index (χ0) is 12.8. The summed E-state index contributed by atoms with van der Waals surface area (Å²) in [6.45, 7) is 1.34. The molecule has 5 nitrogen and oxygen atoms in total. The van der Waals surface area contributed by atoms with Gasteiger partial charge in [-0.3, -0.25) is 15.3 Å². The van der Waals surface area contributed by atoms with Gasteiger partial charge in [-0.05, 0) is 30.5 Å². The molecular formula is C13H19N3O2. The molecule has 0 saturated heterocycles. The Morgan fingerprint density at radius 3 is 2.94 bits per heavy atom. The molecule has 0 bridgehead atoms. The number of hydrogen-bond donors (Lipinski definition) is 2. The summed E-state index contributed by atoms with van der Waals surface area (Å²) >= 11 is 0. The van der Waals surface area contributed by atoms with Gasteiger partial charge in [0.15, 0.2) is 0 Å². The number of nitrogens with zero attached hydrogens (tertiary/aromatic N) is 1. The van der Waals surface area contributed by atoms with Crippen LogP contribution in [0.3, 0.4) is 0 Å². The van der Waals surface area contributed by atoms with E-state index in [1.54, 1.807) is 7.11 Å². The highest BCUT2D eigenvalue weighted by molar-refractivity contribution is 5.81. The van der Waals surface area contributed by atoms with Gasteiger partial charge >= 0.3 is 0 Å². The lowest BCUT2D eigenvalue weighted by Crippen LogP contribution is -2.25. The van der Waals surface area contributed by atoms with Crippen LogP contribution < -0.4 is 16.0 Å². The van der Waals surface area contributed by atoms with Crippen molar-refractivity contribution >= 4 is 11.5 Å². The first kappa shape index (κ1) is 12.7. The highest BCUT2D eigenvalue weighted by Crippen LogP contribution is 2.22. The molecule has 0 fully saturated rings. The van der Waals surface area contributed by atoms with Crippen molar-refractivity contribution in [2.75, 3.05) is 19.4 Å². The number of benzene rings is 1. The molecule has 1 heterocycles. The number of amidine groups is 1. The molecule has 1 aromatic rings. The summed E-state index contributed by atoms with van der Waals surface area (Å²) < 4.78 is 5.10. The largest absolute Gasteiger partial charge is 0.495 e. The third-order valence-corrected chi connectivity index (χ3v) is 2.85. The summed E-state index contributed by atoms with van der Waals surface area (Å²) in [6, 6.07) is 5.62. The molecule has 1 aliphatic heterocycles. The predicted molar refractivity (Wildman–Crippen MR) is 71.5 cm³/mol. The molecule has 98 valence electrons. The lowest BCUT2D eigenvalue weighted by Gasteiger charge is -2.14. The number of hydrogen-bond acceptors (Lipinski definition) is 5. The number of nitrogens with one attached hydrogen (secondary N) is 1. The third kappa shape index (κ3) is 3.37. The molecular weight excluding hydrogens is 230 g/mol. The molecule has 2 rings (SSSR count). The number of hydroxylamine groups is 1. The summed E-state index contributed by atoms with van der Waals surface area (Å²) in [5.74, 6) is 1.62. The van der Waals surface area contributed by atoms with Crippen molar-refractivity contribution in [1.82, 2.24) is 5.48 Å². The van der Waals surface area contributed by atoms with Crippen LogP contribution in [-0.2, 0) is 11.4 Å². The lowest BCUT2D eigenvalue weighted by atomic mass is 10.2. The average Bonchev–Trinajstić information content (AvgIpc) is 2.40. The van der Waals surface area contributed by atoms with Crippen LogP contribution in [0, 0.1) is 0 Å². The van der Waals surface area contributed by atoms with Crippen LogP contribution in [0.15, 0.2) is 23.2 Å². The van der Waals surface area contributed by atoms with Crippen molar-refractivity contribution in [1.29, 1.82) is 0 Å². The molecule has 5 heteroatoms. The second-order valence-electron chi connectivity index (χ2n) is 4.25. The topological polar surface area (TPSA) is 68.9 Å². The minimum atomic E-state index is 0.452. The van der Waals surface area contributed by atoms with Gasteiger partial charge < -0.3 is 10.5 Å². The number of methoxy groups -OCH3 is 1. The summed E-state index contributed by atoms with van der Waals surface area (Å²) in [7, 11) is 1.60. The number of rotatable bonds is 4.